The van der Waals surface area contributed by atoms with Crippen molar-refractivity contribution in [2.24, 2.45) is 0 Å². The highest BCUT2D eigenvalue weighted by atomic mass is 31.2. The first-order valence-electron chi connectivity index (χ1n) is 34.6. The summed E-state index contributed by atoms with van der Waals surface area (Å²) in [5, 5.41) is 3.06. The van der Waals surface area contributed by atoms with Crippen molar-refractivity contribution in [2.45, 2.75) is 315 Å². The number of nitrogens with zero attached hydrogens (tertiary/aromatic N) is 1. The van der Waals surface area contributed by atoms with Gasteiger partial charge in [0.25, 0.3) is 0 Å². The second-order valence-electron chi connectivity index (χ2n) is 24.3. The Balaban J connectivity index is 5.14. The molecule has 0 radical (unpaired) electrons. The largest absolute Gasteiger partial charge is 0.472 e. The maximum Gasteiger partial charge on any atom is 0.472 e. The lowest BCUT2D eigenvalue weighted by Gasteiger charge is -2.27. The predicted molar refractivity (Wildman–Crippen MR) is 360 cm³/mol. The molecule has 83 heavy (non-hydrogen) atoms. The van der Waals surface area contributed by atoms with Gasteiger partial charge in [0.15, 0.2) is 0 Å². The Labute approximate surface area is 513 Å². The van der Waals surface area contributed by atoms with Gasteiger partial charge in [0.05, 0.1) is 33.8 Å². The van der Waals surface area contributed by atoms with Crippen molar-refractivity contribution in [3.8, 4) is 0 Å². The summed E-state index contributed by atoms with van der Waals surface area (Å²) in [5.41, 5.74) is 0. The molecule has 3 unspecified atom stereocenters. The van der Waals surface area contributed by atoms with Crippen LogP contribution in [0.15, 0.2) is 97.2 Å². The van der Waals surface area contributed by atoms with Crippen LogP contribution in [0.5, 0.6) is 0 Å². The molecule has 0 spiro atoms. The minimum absolute atomic E-state index is 0.0321. The number of nitrogens with one attached hydrogen (secondary N) is 1. The molecule has 0 aliphatic heterocycles. The topological polar surface area (TPSA) is 111 Å². The number of phosphoric acid groups is 1. The SMILES string of the molecule is CCCCC/C=C\C/C=C\C/C=C\C/C=C\CCCCCCCCCCCCCC(=O)NC(COP(=O)(O)OCC[N+](C)(C)C)C(/C=C\CCCCCCCCCCCCC)OC(=O)CCCCCC/C=C\C/C=C\C/C=C\CCCCC. The first-order chi connectivity index (χ1) is 40.4. The lowest BCUT2D eigenvalue weighted by molar-refractivity contribution is -0.870. The molecular formula is C73H132N2O7P+. The maximum absolute atomic E-state index is 13.6. The van der Waals surface area contributed by atoms with Crippen LogP contribution < -0.4 is 5.32 Å². The summed E-state index contributed by atoms with van der Waals surface area (Å²) >= 11 is 0. The number of hydrogen-bond acceptors (Lipinski definition) is 6. The summed E-state index contributed by atoms with van der Waals surface area (Å²) < 4.78 is 30.8. The number of allylic oxidation sites excluding steroid dienone is 15. The third kappa shape index (κ3) is 63.3. The number of phosphoric ester groups is 1. The highest BCUT2D eigenvalue weighted by Gasteiger charge is 2.30. The molecule has 1 amide bonds. The molecule has 0 heterocycles. The number of amides is 1. The highest BCUT2D eigenvalue weighted by Crippen LogP contribution is 2.43. The number of unbranched alkanes of at least 4 members (excludes halogenated alkanes) is 32. The van der Waals surface area contributed by atoms with Crippen LogP contribution in [0.1, 0.15) is 303 Å². The van der Waals surface area contributed by atoms with E-state index in [1.807, 2.05) is 33.3 Å². The molecule has 10 heteroatoms. The molecule has 0 bridgehead atoms. The summed E-state index contributed by atoms with van der Waals surface area (Å²) in [6.45, 7) is 6.95. The number of quaternary nitrogens is 1. The van der Waals surface area contributed by atoms with E-state index in [1.54, 1.807) is 0 Å². The van der Waals surface area contributed by atoms with Gasteiger partial charge in [-0.05, 0) is 115 Å². The summed E-state index contributed by atoms with van der Waals surface area (Å²) in [7, 11) is 1.48. The first kappa shape index (κ1) is 79.9. The fraction of sp³-hybridized carbons (Fsp3) is 0.753. The molecule has 3 atom stereocenters. The van der Waals surface area contributed by atoms with E-state index in [2.05, 4.69) is 111 Å². The number of carbonyl (C=O) groups is 2. The van der Waals surface area contributed by atoms with Crippen molar-refractivity contribution in [1.29, 1.82) is 0 Å². The quantitative estimate of drug-likeness (QED) is 0.0205. The van der Waals surface area contributed by atoms with Crippen LogP contribution in [0.3, 0.4) is 0 Å². The fourth-order valence-electron chi connectivity index (χ4n) is 9.64. The van der Waals surface area contributed by atoms with Crippen LogP contribution in [0.4, 0.5) is 0 Å². The van der Waals surface area contributed by atoms with Gasteiger partial charge >= 0.3 is 13.8 Å². The standard InChI is InChI=1S/C73H131N2O7P/c1-7-10-13-16-19-22-25-28-30-32-33-34-35-36-37-38-39-40-41-43-44-47-50-53-56-59-62-65-72(76)74-70(69-81-83(78,79)80-68-67-75(4,5)6)71(64-61-58-55-52-49-46-27-24-21-18-15-12-9-3)82-73(77)66-63-60-57-54-51-48-45-42-31-29-26-23-20-17-14-11-8-2/h19-20,22-23,28-31,33-34,36-37,45,48,61,64,70-71H,7-18,21,24-27,32,35,38-44,46-47,49-60,62-63,65-69H2,1-6H3,(H-,74,76,78,79)/p+1/b22-19-,23-20-,30-28-,31-29-,34-33-,37-36-,48-45-,64-61-. The van der Waals surface area contributed by atoms with Crippen molar-refractivity contribution in [3.05, 3.63) is 97.2 Å². The van der Waals surface area contributed by atoms with Crippen molar-refractivity contribution < 1.29 is 37.3 Å². The van der Waals surface area contributed by atoms with Gasteiger partial charge < -0.3 is 19.4 Å². The lowest BCUT2D eigenvalue weighted by atomic mass is 10.0. The zero-order chi connectivity index (χ0) is 60.7. The Morgan fingerprint density at radius 1 is 0.422 bits per heavy atom. The number of carbonyl (C=O) groups excluding carboxylic acids is 2. The monoisotopic (exact) mass is 1180 g/mol. The van der Waals surface area contributed by atoms with Gasteiger partial charge in [0.1, 0.15) is 19.3 Å². The van der Waals surface area contributed by atoms with Gasteiger partial charge in [0, 0.05) is 12.8 Å². The molecule has 0 fully saturated rings. The van der Waals surface area contributed by atoms with E-state index in [1.165, 1.54) is 167 Å². The zero-order valence-electron chi connectivity index (χ0n) is 54.9. The van der Waals surface area contributed by atoms with Crippen LogP contribution in [-0.2, 0) is 27.9 Å². The van der Waals surface area contributed by atoms with Crippen LogP contribution in [-0.4, -0.2) is 74.3 Å². The zero-order valence-corrected chi connectivity index (χ0v) is 55.8. The molecule has 0 rings (SSSR count). The molecule has 0 aliphatic rings. The van der Waals surface area contributed by atoms with E-state index in [4.69, 9.17) is 13.8 Å². The second kappa shape index (κ2) is 62.0. The number of likely N-dealkylation sites (N-methyl/N-ethyl adjacent to an activating group) is 1. The third-order valence-electron chi connectivity index (χ3n) is 15.0. The number of rotatable bonds is 62. The molecular weight excluding hydrogens is 1050 g/mol. The van der Waals surface area contributed by atoms with Gasteiger partial charge in [-0.25, -0.2) is 4.57 Å². The number of ether oxygens (including phenoxy) is 1. The van der Waals surface area contributed by atoms with Gasteiger partial charge in [-0.3, -0.25) is 18.6 Å². The average molecular weight is 1180 g/mol. The first-order valence-corrected chi connectivity index (χ1v) is 36.1. The summed E-state index contributed by atoms with van der Waals surface area (Å²) in [6, 6.07) is -0.865. The van der Waals surface area contributed by atoms with Gasteiger partial charge in [-0.2, -0.15) is 0 Å². The van der Waals surface area contributed by atoms with Crippen molar-refractivity contribution in [2.75, 3.05) is 40.9 Å². The Morgan fingerprint density at radius 3 is 1.12 bits per heavy atom. The van der Waals surface area contributed by atoms with Crippen molar-refractivity contribution >= 4 is 19.7 Å². The molecule has 480 valence electrons. The fourth-order valence-corrected chi connectivity index (χ4v) is 10.4. The van der Waals surface area contributed by atoms with E-state index in [0.29, 0.717) is 23.9 Å². The Kier molecular flexibility index (Phi) is 59.7. The summed E-state index contributed by atoms with van der Waals surface area (Å²) in [4.78, 5) is 37.9. The van der Waals surface area contributed by atoms with Crippen LogP contribution in [0.2, 0.25) is 0 Å². The number of hydrogen-bond donors (Lipinski definition) is 2. The van der Waals surface area contributed by atoms with E-state index in [-0.39, 0.29) is 31.5 Å². The normalized spacial score (nSPS) is 14.2. The van der Waals surface area contributed by atoms with Crippen LogP contribution in [0.25, 0.3) is 0 Å². The molecule has 2 N–H and O–H groups in total. The van der Waals surface area contributed by atoms with E-state index in [9.17, 15) is 19.0 Å². The molecule has 0 saturated heterocycles. The predicted octanol–water partition coefficient (Wildman–Crippen LogP) is 21.9. The molecule has 9 nitrogen and oxygen atoms in total. The maximum atomic E-state index is 13.6. The van der Waals surface area contributed by atoms with Crippen molar-refractivity contribution in [3.63, 3.8) is 0 Å². The molecule has 0 aromatic rings. The molecule has 0 saturated carbocycles. The summed E-state index contributed by atoms with van der Waals surface area (Å²) in [6.07, 6.45) is 84.1. The smallest absolute Gasteiger partial charge is 0.456 e. The highest BCUT2D eigenvalue weighted by molar-refractivity contribution is 7.47. The van der Waals surface area contributed by atoms with Crippen LogP contribution >= 0.6 is 7.82 Å². The summed E-state index contributed by atoms with van der Waals surface area (Å²) in [5.74, 6) is -0.531. The minimum atomic E-state index is -4.46. The van der Waals surface area contributed by atoms with Gasteiger partial charge in [-0.1, -0.05) is 272 Å². The van der Waals surface area contributed by atoms with Crippen LogP contribution in [0, 0.1) is 0 Å². The third-order valence-corrected chi connectivity index (χ3v) is 16.0. The Morgan fingerprint density at radius 2 is 0.735 bits per heavy atom. The van der Waals surface area contributed by atoms with Gasteiger partial charge in [-0.15, -0.1) is 0 Å². The minimum Gasteiger partial charge on any atom is -0.456 e. The second-order valence-corrected chi connectivity index (χ2v) is 25.8. The average Bonchev–Trinajstić information content (AvgIpc) is 3.47. The molecule has 0 aromatic carbocycles. The molecule has 0 aliphatic carbocycles. The van der Waals surface area contributed by atoms with E-state index >= 15 is 0 Å². The Bertz CT molecular complexity index is 1740. The number of esters is 1. The van der Waals surface area contributed by atoms with E-state index in [0.717, 1.165) is 96.3 Å². The Hall–Kier alpha value is -3.07. The van der Waals surface area contributed by atoms with E-state index < -0.39 is 20.0 Å². The van der Waals surface area contributed by atoms with Gasteiger partial charge in [0.2, 0.25) is 5.91 Å². The van der Waals surface area contributed by atoms with Crippen molar-refractivity contribution in [1.82, 2.24) is 5.32 Å². The lowest BCUT2D eigenvalue weighted by Crippen LogP contribution is -2.47. The molecule has 0 aromatic heterocycles.